The molecule has 1 saturated heterocycles. The van der Waals surface area contributed by atoms with Crippen molar-refractivity contribution in [3.05, 3.63) is 11.3 Å². The lowest BCUT2D eigenvalue weighted by molar-refractivity contribution is 0.159. The van der Waals surface area contributed by atoms with Crippen molar-refractivity contribution < 1.29 is 4.74 Å². The van der Waals surface area contributed by atoms with E-state index in [0.29, 0.717) is 11.4 Å². The third-order valence-corrected chi connectivity index (χ3v) is 6.01. The summed E-state index contributed by atoms with van der Waals surface area (Å²) in [4.78, 5) is 11.9. The molecule has 0 radical (unpaired) electrons. The van der Waals surface area contributed by atoms with Gasteiger partial charge in [0.25, 0.3) is 0 Å². The number of anilines is 1. The van der Waals surface area contributed by atoms with Crippen molar-refractivity contribution in [1.82, 2.24) is 15.3 Å². The van der Waals surface area contributed by atoms with E-state index in [2.05, 4.69) is 10.2 Å². The van der Waals surface area contributed by atoms with Crippen LogP contribution in [0, 0.1) is 5.41 Å². The minimum atomic E-state index is 0.505. The van der Waals surface area contributed by atoms with Gasteiger partial charge in [-0.25, -0.2) is 0 Å². The second-order valence-electron chi connectivity index (χ2n) is 7.43. The van der Waals surface area contributed by atoms with Gasteiger partial charge in [0.2, 0.25) is 0 Å². The van der Waals surface area contributed by atoms with E-state index < -0.39 is 0 Å². The number of hydrogen-bond donors (Lipinski definition) is 1. The Morgan fingerprint density at radius 1 is 1.04 bits per heavy atom. The first-order chi connectivity index (χ1) is 11.3. The molecule has 1 aliphatic heterocycles. The molecule has 4 rings (SSSR count). The highest BCUT2D eigenvalue weighted by Gasteiger charge is 2.38. The number of aromatic nitrogens is 2. The third-order valence-electron chi connectivity index (χ3n) is 6.01. The fourth-order valence-corrected chi connectivity index (χ4v) is 4.69. The summed E-state index contributed by atoms with van der Waals surface area (Å²) in [6, 6.07) is 0.546. The second kappa shape index (κ2) is 6.27. The molecule has 5 nitrogen and oxygen atoms in total. The van der Waals surface area contributed by atoms with E-state index in [0.717, 1.165) is 44.8 Å². The molecule has 1 spiro atoms. The largest absolute Gasteiger partial charge is 0.467 e. The first-order valence-electron chi connectivity index (χ1n) is 9.19. The maximum absolute atomic E-state index is 5.42. The molecule has 5 heteroatoms. The van der Waals surface area contributed by atoms with E-state index in [1.807, 2.05) is 0 Å². The van der Waals surface area contributed by atoms with E-state index >= 15 is 0 Å². The molecule has 0 atom stereocenters. The third kappa shape index (κ3) is 2.91. The van der Waals surface area contributed by atoms with Crippen LogP contribution in [-0.4, -0.2) is 43.3 Å². The topological polar surface area (TPSA) is 50.3 Å². The number of methoxy groups -OCH3 is 1. The minimum Gasteiger partial charge on any atom is -0.467 e. The van der Waals surface area contributed by atoms with Crippen LogP contribution in [0.3, 0.4) is 0 Å². The summed E-state index contributed by atoms with van der Waals surface area (Å²) in [5.74, 6) is 1.14. The van der Waals surface area contributed by atoms with Gasteiger partial charge in [-0.3, -0.25) is 0 Å². The summed E-state index contributed by atoms with van der Waals surface area (Å²) < 4.78 is 5.42. The number of piperazine rings is 1. The van der Waals surface area contributed by atoms with Crippen LogP contribution in [0.4, 0.5) is 5.82 Å². The number of nitrogens with one attached hydrogen (secondary N) is 1. The fourth-order valence-electron chi connectivity index (χ4n) is 4.69. The van der Waals surface area contributed by atoms with Crippen LogP contribution in [0.1, 0.15) is 49.8 Å². The van der Waals surface area contributed by atoms with E-state index in [1.165, 1.54) is 49.8 Å². The highest BCUT2D eigenvalue weighted by molar-refractivity contribution is 5.52. The van der Waals surface area contributed by atoms with Crippen molar-refractivity contribution in [3.63, 3.8) is 0 Å². The Balaban J connectivity index is 1.68. The highest BCUT2D eigenvalue weighted by Crippen LogP contribution is 2.47. The summed E-state index contributed by atoms with van der Waals surface area (Å²) in [6.07, 6.45) is 10.5. The van der Waals surface area contributed by atoms with Crippen molar-refractivity contribution in [1.29, 1.82) is 0 Å². The summed E-state index contributed by atoms with van der Waals surface area (Å²) in [5.41, 5.74) is 3.16. The van der Waals surface area contributed by atoms with Gasteiger partial charge < -0.3 is 15.0 Å². The van der Waals surface area contributed by atoms with E-state index in [4.69, 9.17) is 14.7 Å². The molecular weight excluding hydrogens is 288 g/mol. The smallest absolute Gasteiger partial charge is 0.318 e. The lowest BCUT2D eigenvalue weighted by atomic mass is 9.65. The van der Waals surface area contributed by atoms with E-state index in [-0.39, 0.29) is 0 Å². The van der Waals surface area contributed by atoms with Gasteiger partial charge in [0.1, 0.15) is 5.82 Å². The molecule has 2 fully saturated rings. The normalized spacial score (nSPS) is 23.6. The zero-order chi connectivity index (χ0) is 15.7. The average Bonchev–Trinajstić information content (AvgIpc) is 2.62. The van der Waals surface area contributed by atoms with Crippen LogP contribution in [0.2, 0.25) is 0 Å². The number of ether oxygens (including phenoxy) is 1. The van der Waals surface area contributed by atoms with Crippen LogP contribution in [-0.2, 0) is 12.8 Å². The van der Waals surface area contributed by atoms with Gasteiger partial charge in [-0.1, -0.05) is 19.3 Å². The number of fused-ring (bicyclic) bond motifs is 1. The summed E-state index contributed by atoms with van der Waals surface area (Å²) in [6.45, 7) is 4.12. The second-order valence-corrected chi connectivity index (χ2v) is 7.43. The number of nitrogens with zero attached hydrogens (tertiary/aromatic N) is 3. The monoisotopic (exact) mass is 316 g/mol. The van der Waals surface area contributed by atoms with Gasteiger partial charge in [-0.2, -0.15) is 9.97 Å². The Kier molecular flexibility index (Phi) is 4.14. The van der Waals surface area contributed by atoms with E-state index in [1.54, 1.807) is 7.11 Å². The molecule has 0 amide bonds. The Labute approximate surface area is 138 Å². The first-order valence-corrected chi connectivity index (χ1v) is 9.19. The Bertz CT molecular complexity index is 562. The van der Waals surface area contributed by atoms with Gasteiger partial charge in [0.15, 0.2) is 0 Å². The van der Waals surface area contributed by atoms with Gasteiger partial charge >= 0.3 is 6.01 Å². The quantitative estimate of drug-likeness (QED) is 0.907. The van der Waals surface area contributed by atoms with Crippen molar-refractivity contribution in [2.24, 2.45) is 5.41 Å². The van der Waals surface area contributed by atoms with Gasteiger partial charge in [-0.05, 0) is 37.5 Å². The minimum absolute atomic E-state index is 0.505. The molecular formula is C18H28N4O. The molecule has 1 N–H and O–H groups in total. The summed E-state index contributed by atoms with van der Waals surface area (Å²) in [5, 5.41) is 3.42. The molecule has 0 aromatic carbocycles. The summed E-state index contributed by atoms with van der Waals surface area (Å²) in [7, 11) is 1.68. The SMILES string of the molecule is COc1nc2c(c(N3CCNCC3)n1)CCC1(CCCCC1)C2. The molecule has 23 heavy (non-hydrogen) atoms. The Morgan fingerprint density at radius 2 is 1.83 bits per heavy atom. The molecule has 1 aromatic rings. The predicted octanol–water partition coefficient (Wildman–Crippen LogP) is 2.33. The Morgan fingerprint density at radius 3 is 2.57 bits per heavy atom. The van der Waals surface area contributed by atoms with Crippen molar-refractivity contribution in [2.45, 2.75) is 51.4 Å². The zero-order valence-corrected chi connectivity index (χ0v) is 14.2. The van der Waals surface area contributed by atoms with Crippen LogP contribution in [0.25, 0.3) is 0 Å². The summed E-state index contributed by atoms with van der Waals surface area (Å²) >= 11 is 0. The number of rotatable bonds is 2. The maximum Gasteiger partial charge on any atom is 0.318 e. The van der Waals surface area contributed by atoms with Gasteiger partial charge in [0, 0.05) is 31.7 Å². The molecule has 0 unspecified atom stereocenters. The van der Waals surface area contributed by atoms with Crippen molar-refractivity contribution in [3.8, 4) is 6.01 Å². The molecule has 2 aliphatic carbocycles. The zero-order valence-electron chi connectivity index (χ0n) is 14.2. The van der Waals surface area contributed by atoms with Crippen molar-refractivity contribution in [2.75, 3.05) is 38.2 Å². The van der Waals surface area contributed by atoms with Gasteiger partial charge in [-0.15, -0.1) is 0 Å². The molecule has 0 bridgehead atoms. The van der Waals surface area contributed by atoms with E-state index in [9.17, 15) is 0 Å². The molecule has 1 saturated carbocycles. The Hall–Kier alpha value is -1.36. The average molecular weight is 316 g/mol. The maximum atomic E-state index is 5.42. The molecule has 126 valence electrons. The molecule has 3 aliphatic rings. The predicted molar refractivity (Wildman–Crippen MR) is 91.2 cm³/mol. The van der Waals surface area contributed by atoms with Crippen LogP contribution < -0.4 is 15.0 Å². The first kappa shape index (κ1) is 15.2. The lowest BCUT2D eigenvalue weighted by Crippen LogP contribution is -2.45. The van der Waals surface area contributed by atoms with Crippen LogP contribution in [0.5, 0.6) is 6.01 Å². The lowest BCUT2D eigenvalue weighted by Gasteiger charge is -2.42. The fraction of sp³-hybridized carbons (Fsp3) is 0.778. The van der Waals surface area contributed by atoms with Crippen LogP contribution in [0.15, 0.2) is 0 Å². The molecule has 1 aromatic heterocycles. The standard InChI is InChI=1S/C18H28N4O/c1-23-17-20-15-13-18(6-3-2-4-7-18)8-5-14(15)16(21-17)22-11-9-19-10-12-22/h19H,2-13H2,1H3. The van der Waals surface area contributed by atoms with Crippen molar-refractivity contribution >= 4 is 5.82 Å². The highest BCUT2D eigenvalue weighted by atomic mass is 16.5. The van der Waals surface area contributed by atoms with Gasteiger partial charge in [0.05, 0.1) is 12.8 Å². The van der Waals surface area contributed by atoms with Crippen LogP contribution >= 0.6 is 0 Å². The number of hydrogen-bond acceptors (Lipinski definition) is 5. The molecule has 2 heterocycles.